The molecule has 0 radical (unpaired) electrons. The molecule has 0 fully saturated rings. The van der Waals surface area contributed by atoms with Gasteiger partial charge in [0.1, 0.15) is 0 Å². The van der Waals surface area contributed by atoms with Crippen molar-refractivity contribution in [2.75, 3.05) is 18.0 Å². The summed E-state index contributed by atoms with van der Waals surface area (Å²) in [7, 11) is 0. The number of hydrogen-bond acceptors (Lipinski definition) is 3. The minimum Gasteiger partial charge on any atom is -0.370 e. The number of benzene rings is 1. The molecule has 0 atom stereocenters. The topological polar surface area (TPSA) is 44.1 Å². The molecule has 3 nitrogen and oxygen atoms in total. The molecule has 1 aromatic rings. The summed E-state index contributed by atoms with van der Waals surface area (Å²) in [6.07, 6.45) is 1.23. The van der Waals surface area contributed by atoms with E-state index in [2.05, 4.69) is 6.07 Å². The first-order valence-electron chi connectivity index (χ1n) is 5.09. The van der Waals surface area contributed by atoms with E-state index in [1.54, 1.807) is 12.1 Å². The maximum atomic E-state index is 10.9. The molecule has 0 N–H and O–H groups in total. The molecule has 0 bridgehead atoms. The summed E-state index contributed by atoms with van der Waals surface area (Å²) in [5.74, 6) is 0. The Morgan fingerprint density at radius 3 is 2.88 bits per heavy atom. The van der Waals surface area contributed by atoms with Crippen molar-refractivity contribution >= 4 is 23.6 Å². The van der Waals surface area contributed by atoms with Gasteiger partial charge < -0.3 is 4.90 Å². The van der Waals surface area contributed by atoms with E-state index in [9.17, 15) is 4.79 Å². The van der Waals surface area contributed by atoms with Crippen LogP contribution in [0.4, 0.5) is 5.69 Å². The Morgan fingerprint density at radius 2 is 2.31 bits per heavy atom. The van der Waals surface area contributed by atoms with Crippen LogP contribution in [0.5, 0.6) is 0 Å². The summed E-state index contributed by atoms with van der Waals surface area (Å²) >= 11 is 5.82. The Labute approximate surface area is 100 Å². The fourth-order valence-electron chi connectivity index (χ4n) is 1.54. The number of carbonyl (C=O) groups is 1. The third kappa shape index (κ3) is 2.98. The highest BCUT2D eigenvalue weighted by Gasteiger charge is 2.09. The fraction of sp³-hybridized carbons (Fsp3) is 0.333. The van der Waals surface area contributed by atoms with Crippen LogP contribution in [0.3, 0.4) is 0 Å². The minimum absolute atomic E-state index is 0.439. The van der Waals surface area contributed by atoms with Gasteiger partial charge in [0.15, 0.2) is 6.29 Å². The van der Waals surface area contributed by atoms with Crippen LogP contribution in [0.25, 0.3) is 0 Å². The average Bonchev–Trinajstić information content (AvgIpc) is 2.31. The predicted octanol–water partition coefficient (Wildman–Crippen LogP) is 2.89. The second-order valence-electron chi connectivity index (χ2n) is 3.31. The van der Waals surface area contributed by atoms with Crippen LogP contribution in [0.15, 0.2) is 18.2 Å². The summed E-state index contributed by atoms with van der Waals surface area (Å²) in [4.78, 5) is 12.9. The Bertz CT molecular complexity index is 412. The molecular weight excluding hydrogens is 224 g/mol. The van der Waals surface area contributed by atoms with Gasteiger partial charge in [-0.1, -0.05) is 11.6 Å². The lowest BCUT2D eigenvalue weighted by Crippen LogP contribution is -2.24. The predicted molar refractivity (Wildman–Crippen MR) is 65.0 cm³/mol. The normalized spacial score (nSPS) is 9.56. The van der Waals surface area contributed by atoms with Gasteiger partial charge in [0.05, 0.1) is 12.5 Å². The quantitative estimate of drug-likeness (QED) is 0.739. The molecule has 0 heterocycles. The van der Waals surface area contributed by atoms with Gasteiger partial charge in [-0.2, -0.15) is 5.26 Å². The zero-order valence-corrected chi connectivity index (χ0v) is 9.87. The van der Waals surface area contributed by atoms with E-state index >= 15 is 0 Å². The van der Waals surface area contributed by atoms with E-state index in [1.807, 2.05) is 17.9 Å². The molecule has 4 heteroatoms. The molecule has 1 rings (SSSR count). The lowest BCUT2D eigenvalue weighted by molar-refractivity contribution is 0.112. The van der Waals surface area contributed by atoms with Crippen LogP contribution in [0.1, 0.15) is 23.7 Å². The van der Waals surface area contributed by atoms with Gasteiger partial charge >= 0.3 is 0 Å². The zero-order valence-electron chi connectivity index (χ0n) is 9.11. The van der Waals surface area contributed by atoms with Gasteiger partial charge in [0, 0.05) is 29.4 Å². The summed E-state index contributed by atoms with van der Waals surface area (Å²) in [6, 6.07) is 7.29. The first kappa shape index (κ1) is 12.5. The molecule has 0 aliphatic rings. The number of nitriles is 1. The van der Waals surface area contributed by atoms with Gasteiger partial charge in [0.2, 0.25) is 0 Å². The van der Waals surface area contributed by atoms with E-state index in [4.69, 9.17) is 16.9 Å². The maximum Gasteiger partial charge on any atom is 0.152 e. The Hall–Kier alpha value is -1.53. The smallest absolute Gasteiger partial charge is 0.152 e. The van der Waals surface area contributed by atoms with E-state index in [-0.39, 0.29) is 0 Å². The molecule has 0 amide bonds. The van der Waals surface area contributed by atoms with E-state index in [0.29, 0.717) is 23.6 Å². The average molecular weight is 237 g/mol. The molecule has 0 aliphatic heterocycles. The Balaban J connectivity index is 3.00. The fourth-order valence-corrected chi connectivity index (χ4v) is 1.72. The SMILES string of the molecule is CCN(CCC#N)c1ccc(Cl)cc1C=O. The van der Waals surface area contributed by atoms with Crippen LogP contribution < -0.4 is 4.90 Å². The summed E-state index contributed by atoms with van der Waals surface area (Å²) < 4.78 is 0. The van der Waals surface area contributed by atoms with Crippen molar-refractivity contribution in [2.24, 2.45) is 0 Å². The Morgan fingerprint density at radius 1 is 1.56 bits per heavy atom. The highest BCUT2D eigenvalue weighted by Crippen LogP contribution is 2.23. The van der Waals surface area contributed by atoms with Gasteiger partial charge in [-0.05, 0) is 25.1 Å². The van der Waals surface area contributed by atoms with Crippen LogP contribution in [-0.4, -0.2) is 19.4 Å². The van der Waals surface area contributed by atoms with Crippen molar-refractivity contribution in [3.05, 3.63) is 28.8 Å². The number of halogens is 1. The van der Waals surface area contributed by atoms with Crippen LogP contribution in [0.2, 0.25) is 5.02 Å². The van der Waals surface area contributed by atoms with Crippen LogP contribution in [0, 0.1) is 11.3 Å². The van der Waals surface area contributed by atoms with E-state index in [0.717, 1.165) is 18.5 Å². The Kier molecular flexibility index (Phi) is 4.81. The molecular formula is C12H13ClN2O. The molecule has 0 spiro atoms. The first-order chi connectivity index (χ1) is 7.72. The first-order valence-corrected chi connectivity index (χ1v) is 5.47. The highest BCUT2D eigenvalue weighted by molar-refractivity contribution is 6.31. The summed E-state index contributed by atoms with van der Waals surface area (Å²) in [5, 5.41) is 9.10. The molecule has 0 unspecified atom stereocenters. The minimum atomic E-state index is 0.439. The third-order valence-corrected chi connectivity index (χ3v) is 2.57. The third-order valence-electron chi connectivity index (χ3n) is 2.33. The number of carbonyl (C=O) groups excluding carboxylic acids is 1. The number of rotatable bonds is 5. The van der Waals surface area contributed by atoms with Crippen molar-refractivity contribution in [1.29, 1.82) is 5.26 Å². The van der Waals surface area contributed by atoms with Gasteiger partial charge in [-0.3, -0.25) is 4.79 Å². The molecule has 1 aromatic carbocycles. The standard InChI is InChI=1S/C12H13ClN2O/c1-2-15(7-3-6-14)12-5-4-11(13)8-10(12)9-16/h4-5,8-9H,2-3,7H2,1H3. The second-order valence-corrected chi connectivity index (χ2v) is 3.75. The lowest BCUT2D eigenvalue weighted by Gasteiger charge is -2.23. The number of nitrogens with zero attached hydrogens (tertiary/aromatic N) is 2. The van der Waals surface area contributed by atoms with Gasteiger partial charge in [0.25, 0.3) is 0 Å². The van der Waals surface area contributed by atoms with Crippen molar-refractivity contribution in [1.82, 2.24) is 0 Å². The number of anilines is 1. The summed E-state index contributed by atoms with van der Waals surface area (Å²) in [5.41, 5.74) is 1.39. The molecule has 0 aliphatic carbocycles. The second kappa shape index (κ2) is 6.14. The summed E-state index contributed by atoms with van der Waals surface area (Å²) in [6.45, 7) is 3.36. The molecule has 84 valence electrons. The van der Waals surface area contributed by atoms with Crippen molar-refractivity contribution < 1.29 is 4.79 Å². The van der Waals surface area contributed by atoms with Crippen molar-refractivity contribution in [3.8, 4) is 6.07 Å². The largest absolute Gasteiger partial charge is 0.370 e. The van der Waals surface area contributed by atoms with Gasteiger partial charge in [-0.25, -0.2) is 0 Å². The maximum absolute atomic E-state index is 10.9. The van der Waals surface area contributed by atoms with E-state index < -0.39 is 0 Å². The molecule has 16 heavy (non-hydrogen) atoms. The van der Waals surface area contributed by atoms with Crippen LogP contribution >= 0.6 is 11.6 Å². The van der Waals surface area contributed by atoms with Crippen molar-refractivity contribution in [3.63, 3.8) is 0 Å². The number of aldehydes is 1. The van der Waals surface area contributed by atoms with Gasteiger partial charge in [-0.15, -0.1) is 0 Å². The zero-order chi connectivity index (χ0) is 12.0. The van der Waals surface area contributed by atoms with Crippen molar-refractivity contribution in [2.45, 2.75) is 13.3 Å². The molecule has 0 saturated heterocycles. The molecule has 0 aromatic heterocycles. The van der Waals surface area contributed by atoms with E-state index in [1.165, 1.54) is 0 Å². The lowest BCUT2D eigenvalue weighted by atomic mass is 10.1. The highest BCUT2D eigenvalue weighted by atomic mass is 35.5. The molecule has 0 saturated carbocycles. The number of hydrogen-bond donors (Lipinski definition) is 0. The van der Waals surface area contributed by atoms with Crippen LogP contribution in [-0.2, 0) is 0 Å². The monoisotopic (exact) mass is 236 g/mol.